The number of halogens is 1. The van der Waals surface area contributed by atoms with Crippen molar-refractivity contribution in [3.8, 4) is 0 Å². The molecule has 2 heterocycles. The van der Waals surface area contributed by atoms with Crippen molar-refractivity contribution in [2.45, 2.75) is 19.5 Å². The molecular formula is C13H22BrN3S. The maximum absolute atomic E-state index is 3.57. The van der Waals surface area contributed by atoms with Crippen molar-refractivity contribution in [2.24, 2.45) is 0 Å². The van der Waals surface area contributed by atoms with Gasteiger partial charge in [0.15, 0.2) is 0 Å². The summed E-state index contributed by atoms with van der Waals surface area (Å²) in [7, 11) is 2.20. The predicted octanol–water partition coefficient (Wildman–Crippen LogP) is 2.24. The first-order valence-corrected chi connectivity index (χ1v) is 8.19. The van der Waals surface area contributed by atoms with Gasteiger partial charge in [-0.25, -0.2) is 0 Å². The fraction of sp³-hybridized carbons (Fsp3) is 0.692. The molecule has 0 spiro atoms. The summed E-state index contributed by atoms with van der Waals surface area (Å²) in [5.41, 5.74) is 0. The van der Waals surface area contributed by atoms with E-state index in [1.54, 1.807) is 0 Å². The van der Waals surface area contributed by atoms with Gasteiger partial charge in [0.25, 0.3) is 0 Å². The second kappa shape index (κ2) is 7.01. The average Bonchev–Trinajstić information content (AvgIpc) is 2.76. The summed E-state index contributed by atoms with van der Waals surface area (Å²) in [5, 5.41) is 5.69. The Balaban J connectivity index is 1.68. The molecule has 1 aliphatic heterocycles. The lowest BCUT2D eigenvalue weighted by molar-refractivity contribution is 0.118. The van der Waals surface area contributed by atoms with Crippen molar-refractivity contribution in [3.05, 3.63) is 20.8 Å². The summed E-state index contributed by atoms with van der Waals surface area (Å²) >= 11 is 5.38. The highest BCUT2D eigenvalue weighted by Gasteiger charge is 2.18. The second-order valence-electron chi connectivity index (χ2n) is 5.01. The van der Waals surface area contributed by atoms with Gasteiger partial charge in [-0.1, -0.05) is 0 Å². The fourth-order valence-electron chi connectivity index (χ4n) is 2.24. The number of hydrogen-bond acceptors (Lipinski definition) is 4. The minimum absolute atomic E-state index is 0.623. The smallest absolute Gasteiger partial charge is 0.0327 e. The Morgan fingerprint density at radius 3 is 2.72 bits per heavy atom. The van der Waals surface area contributed by atoms with E-state index >= 15 is 0 Å². The first kappa shape index (κ1) is 14.5. The molecular weight excluding hydrogens is 310 g/mol. The van der Waals surface area contributed by atoms with E-state index in [1.807, 2.05) is 11.3 Å². The van der Waals surface area contributed by atoms with Crippen LogP contribution in [0, 0.1) is 0 Å². The zero-order valence-corrected chi connectivity index (χ0v) is 13.6. The summed E-state index contributed by atoms with van der Waals surface area (Å²) in [6, 6.07) is 2.74. The molecule has 1 fully saturated rings. The summed E-state index contributed by atoms with van der Waals surface area (Å²) in [4.78, 5) is 6.37. The number of thiophene rings is 1. The first-order chi connectivity index (χ1) is 8.66. The highest BCUT2D eigenvalue weighted by atomic mass is 79.9. The summed E-state index contributed by atoms with van der Waals surface area (Å²) < 4.78 is 1.23. The third-order valence-electron chi connectivity index (χ3n) is 3.58. The molecule has 1 aromatic rings. The van der Waals surface area contributed by atoms with Crippen molar-refractivity contribution in [2.75, 3.05) is 39.8 Å². The van der Waals surface area contributed by atoms with E-state index in [9.17, 15) is 0 Å². The highest BCUT2D eigenvalue weighted by molar-refractivity contribution is 9.10. The van der Waals surface area contributed by atoms with Gasteiger partial charge in [0.1, 0.15) is 0 Å². The molecule has 0 aromatic carbocycles. The van der Waals surface area contributed by atoms with Crippen molar-refractivity contribution in [3.63, 3.8) is 0 Å². The van der Waals surface area contributed by atoms with E-state index in [0.29, 0.717) is 6.04 Å². The molecule has 1 aliphatic rings. The molecule has 0 aliphatic carbocycles. The van der Waals surface area contributed by atoms with Gasteiger partial charge >= 0.3 is 0 Å². The summed E-state index contributed by atoms with van der Waals surface area (Å²) in [6.07, 6.45) is 0. The molecule has 1 saturated heterocycles. The van der Waals surface area contributed by atoms with Gasteiger partial charge in [-0.2, -0.15) is 0 Å². The number of rotatable bonds is 5. The third kappa shape index (κ3) is 4.03. The Bertz CT molecular complexity index is 361. The molecule has 5 heteroatoms. The van der Waals surface area contributed by atoms with Crippen molar-refractivity contribution < 1.29 is 0 Å². The zero-order valence-electron chi connectivity index (χ0n) is 11.2. The van der Waals surface area contributed by atoms with E-state index in [0.717, 1.165) is 13.1 Å². The van der Waals surface area contributed by atoms with E-state index in [2.05, 4.69) is 56.5 Å². The van der Waals surface area contributed by atoms with Crippen LogP contribution in [0.5, 0.6) is 0 Å². The molecule has 18 heavy (non-hydrogen) atoms. The van der Waals surface area contributed by atoms with Crippen LogP contribution in [0.1, 0.15) is 11.8 Å². The molecule has 0 radical (unpaired) electrons. The molecule has 0 saturated carbocycles. The van der Waals surface area contributed by atoms with Crippen LogP contribution in [0.15, 0.2) is 15.9 Å². The highest BCUT2D eigenvalue weighted by Crippen LogP contribution is 2.22. The molecule has 102 valence electrons. The molecule has 0 unspecified atom stereocenters. The van der Waals surface area contributed by atoms with E-state index < -0.39 is 0 Å². The van der Waals surface area contributed by atoms with Crippen LogP contribution in [-0.4, -0.2) is 55.6 Å². The Hall–Kier alpha value is 0.0600. The quantitative estimate of drug-likeness (QED) is 0.892. The van der Waals surface area contributed by atoms with Gasteiger partial charge in [0.05, 0.1) is 0 Å². The zero-order chi connectivity index (χ0) is 13.0. The van der Waals surface area contributed by atoms with Gasteiger partial charge in [0.2, 0.25) is 0 Å². The van der Waals surface area contributed by atoms with Crippen LogP contribution >= 0.6 is 27.3 Å². The number of hydrogen-bond donors (Lipinski definition) is 1. The predicted molar refractivity (Wildman–Crippen MR) is 82.3 cm³/mol. The molecule has 1 atom stereocenters. The van der Waals surface area contributed by atoms with Gasteiger partial charge in [-0.05, 0) is 41.3 Å². The van der Waals surface area contributed by atoms with Gasteiger partial charge in [-0.3, -0.25) is 4.90 Å². The van der Waals surface area contributed by atoms with Crippen LogP contribution in [0.4, 0.5) is 0 Å². The minimum atomic E-state index is 0.623. The number of piperazine rings is 1. The lowest BCUT2D eigenvalue weighted by Crippen LogP contribution is -2.50. The van der Waals surface area contributed by atoms with Crippen LogP contribution in [0.3, 0.4) is 0 Å². The summed E-state index contributed by atoms with van der Waals surface area (Å²) in [6.45, 7) is 9.14. The Morgan fingerprint density at radius 1 is 1.39 bits per heavy atom. The lowest BCUT2D eigenvalue weighted by Gasteiger charge is -2.36. The molecule has 0 bridgehead atoms. The maximum atomic E-state index is 3.57. The van der Waals surface area contributed by atoms with Gasteiger partial charge in [0, 0.05) is 54.7 Å². The Kier molecular flexibility index (Phi) is 5.63. The second-order valence-corrected chi connectivity index (χ2v) is 6.87. The third-order valence-corrected chi connectivity index (χ3v) is 5.50. The van der Waals surface area contributed by atoms with Crippen LogP contribution in [-0.2, 0) is 6.54 Å². The number of nitrogens with one attached hydrogen (secondary N) is 1. The van der Waals surface area contributed by atoms with Crippen molar-refractivity contribution in [1.29, 1.82) is 0 Å². The topological polar surface area (TPSA) is 18.5 Å². The van der Waals surface area contributed by atoms with Crippen LogP contribution in [0.2, 0.25) is 0 Å². The SMILES string of the molecule is C[C@@H](CNCc1sccc1Br)N1CCN(C)CC1. The maximum Gasteiger partial charge on any atom is 0.0327 e. The van der Waals surface area contributed by atoms with Crippen molar-refractivity contribution in [1.82, 2.24) is 15.1 Å². The monoisotopic (exact) mass is 331 g/mol. The Morgan fingerprint density at radius 2 is 2.11 bits per heavy atom. The molecule has 3 nitrogen and oxygen atoms in total. The fourth-order valence-corrected chi connectivity index (χ4v) is 3.70. The van der Waals surface area contributed by atoms with Crippen molar-refractivity contribution >= 4 is 27.3 Å². The largest absolute Gasteiger partial charge is 0.310 e. The van der Waals surface area contributed by atoms with E-state index in [1.165, 1.54) is 35.5 Å². The minimum Gasteiger partial charge on any atom is -0.310 e. The standard InChI is InChI=1S/C13H22BrN3S/c1-11(17-6-4-16(2)5-7-17)9-15-10-13-12(14)3-8-18-13/h3,8,11,15H,4-7,9-10H2,1-2H3/t11-/m0/s1. The average molecular weight is 332 g/mol. The normalized spacial score (nSPS) is 20.2. The number of nitrogens with zero attached hydrogens (tertiary/aromatic N) is 2. The first-order valence-electron chi connectivity index (χ1n) is 6.52. The van der Waals surface area contributed by atoms with E-state index in [-0.39, 0.29) is 0 Å². The summed E-state index contributed by atoms with van der Waals surface area (Å²) in [5.74, 6) is 0. The van der Waals surface area contributed by atoms with E-state index in [4.69, 9.17) is 0 Å². The molecule has 1 N–H and O–H groups in total. The lowest BCUT2D eigenvalue weighted by atomic mass is 10.2. The molecule has 1 aromatic heterocycles. The molecule has 2 rings (SSSR count). The Labute approximate surface area is 122 Å². The van der Waals surface area contributed by atoms with Crippen LogP contribution < -0.4 is 5.32 Å². The van der Waals surface area contributed by atoms with Gasteiger partial charge in [-0.15, -0.1) is 11.3 Å². The molecule has 0 amide bonds. The number of likely N-dealkylation sites (N-methyl/N-ethyl adjacent to an activating group) is 1. The van der Waals surface area contributed by atoms with Gasteiger partial charge < -0.3 is 10.2 Å². The van der Waals surface area contributed by atoms with Crippen LogP contribution in [0.25, 0.3) is 0 Å².